The molecule has 1 rings (SSSR count). The maximum absolute atomic E-state index is 12.5. The van der Waals surface area contributed by atoms with Crippen LogP contribution in [0.25, 0.3) is 0 Å². The molecule has 1 aliphatic rings. The van der Waals surface area contributed by atoms with Crippen molar-refractivity contribution >= 4 is 5.84 Å². The van der Waals surface area contributed by atoms with Gasteiger partial charge in [0, 0.05) is 0 Å². The number of hydrogen-bond acceptors (Lipinski definition) is 3. The summed E-state index contributed by atoms with van der Waals surface area (Å²) in [5.41, 5.74) is 5.52. The van der Waals surface area contributed by atoms with E-state index in [2.05, 4.69) is 5.16 Å². The lowest BCUT2D eigenvalue weighted by Crippen LogP contribution is -2.49. The van der Waals surface area contributed by atoms with Gasteiger partial charge in [0.2, 0.25) is 0 Å². The minimum Gasteiger partial charge on any atom is -0.409 e. The van der Waals surface area contributed by atoms with Crippen LogP contribution >= 0.6 is 0 Å². The van der Waals surface area contributed by atoms with Crippen molar-refractivity contribution < 1.29 is 18.4 Å². The highest BCUT2D eigenvalue weighted by Crippen LogP contribution is 2.34. The molecule has 1 saturated heterocycles. The fourth-order valence-electron chi connectivity index (χ4n) is 2.26. The molecule has 1 heterocycles. The van der Waals surface area contributed by atoms with E-state index in [0.29, 0.717) is 19.5 Å². The van der Waals surface area contributed by atoms with Crippen LogP contribution in [0.5, 0.6) is 0 Å². The number of nitrogens with zero attached hydrogens (tertiary/aromatic N) is 2. The van der Waals surface area contributed by atoms with Gasteiger partial charge in [-0.3, -0.25) is 4.90 Å². The third-order valence-corrected chi connectivity index (χ3v) is 3.28. The fourth-order valence-corrected chi connectivity index (χ4v) is 2.26. The second-order valence-electron chi connectivity index (χ2n) is 4.30. The first-order valence-electron chi connectivity index (χ1n) is 5.68. The molecule has 0 aromatic rings. The van der Waals surface area contributed by atoms with Crippen molar-refractivity contribution in [2.24, 2.45) is 16.8 Å². The van der Waals surface area contributed by atoms with Gasteiger partial charge in [0.05, 0.1) is 12.0 Å². The molecule has 1 fully saturated rings. The average Bonchev–Trinajstić information content (AvgIpc) is 2.29. The lowest BCUT2D eigenvalue weighted by Gasteiger charge is -2.37. The summed E-state index contributed by atoms with van der Waals surface area (Å²) >= 11 is 0. The number of amidine groups is 1. The van der Waals surface area contributed by atoms with Crippen LogP contribution in [0, 0.1) is 5.92 Å². The predicted octanol–water partition coefficient (Wildman–Crippen LogP) is 1.79. The minimum atomic E-state index is -4.11. The molecular formula is C10H18F3N3O. The molecule has 0 spiro atoms. The molecule has 1 unspecified atom stereocenters. The van der Waals surface area contributed by atoms with Crippen molar-refractivity contribution in [3.8, 4) is 0 Å². The van der Waals surface area contributed by atoms with Crippen molar-refractivity contribution in [1.29, 1.82) is 0 Å². The second-order valence-corrected chi connectivity index (χ2v) is 4.30. The number of nitrogens with two attached hydrogens (primary N) is 1. The average molecular weight is 253 g/mol. The Morgan fingerprint density at radius 1 is 1.47 bits per heavy atom. The molecule has 1 atom stereocenters. The highest BCUT2D eigenvalue weighted by Gasteiger charge is 2.42. The molecule has 100 valence electrons. The van der Waals surface area contributed by atoms with Crippen LogP contribution in [0.3, 0.4) is 0 Å². The van der Waals surface area contributed by atoms with E-state index in [9.17, 15) is 13.2 Å². The van der Waals surface area contributed by atoms with Gasteiger partial charge in [0.25, 0.3) is 0 Å². The molecule has 0 amide bonds. The van der Waals surface area contributed by atoms with Crippen molar-refractivity contribution in [3.05, 3.63) is 0 Å². The number of alkyl halides is 3. The highest BCUT2D eigenvalue weighted by molar-refractivity contribution is 5.85. The van der Waals surface area contributed by atoms with Gasteiger partial charge in [-0.1, -0.05) is 12.1 Å². The number of hydrogen-bond donors (Lipinski definition) is 2. The van der Waals surface area contributed by atoms with Crippen molar-refractivity contribution in [3.63, 3.8) is 0 Å². The van der Waals surface area contributed by atoms with E-state index in [0.717, 1.165) is 0 Å². The maximum Gasteiger partial charge on any atom is 0.391 e. The summed E-state index contributed by atoms with van der Waals surface area (Å²) in [6, 6.07) is -0.269. The van der Waals surface area contributed by atoms with Crippen LogP contribution in [-0.4, -0.2) is 41.3 Å². The number of oxime groups is 1. The normalized spacial score (nSPS) is 22.7. The number of piperidine rings is 1. The van der Waals surface area contributed by atoms with E-state index in [1.807, 2.05) is 11.8 Å². The maximum atomic E-state index is 12.5. The zero-order valence-electron chi connectivity index (χ0n) is 9.74. The molecule has 0 aromatic heterocycles. The van der Waals surface area contributed by atoms with Crippen LogP contribution in [0.2, 0.25) is 0 Å². The Hall–Kier alpha value is -0.980. The fraction of sp³-hybridized carbons (Fsp3) is 0.900. The largest absolute Gasteiger partial charge is 0.409 e. The van der Waals surface area contributed by atoms with Gasteiger partial charge in [0.1, 0.15) is 0 Å². The van der Waals surface area contributed by atoms with E-state index < -0.39 is 12.1 Å². The monoisotopic (exact) mass is 253 g/mol. The van der Waals surface area contributed by atoms with E-state index in [1.54, 1.807) is 0 Å². The molecule has 0 bridgehead atoms. The standard InChI is InChI=1S/C10H18F3N3O/c1-2-8(9(14)15-17)16-5-3-7(4-6-16)10(11,12)13/h7-8,17H,2-6H2,1H3,(H2,14,15). The van der Waals surface area contributed by atoms with E-state index in [4.69, 9.17) is 10.9 Å². The summed E-state index contributed by atoms with van der Waals surface area (Å²) in [6.07, 6.45) is -3.32. The molecule has 4 nitrogen and oxygen atoms in total. The molecule has 3 N–H and O–H groups in total. The first kappa shape index (κ1) is 14.1. The zero-order valence-corrected chi connectivity index (χ0v) is 9.74. The van der Waals surface area contributed by atoms with Crippen LogP contribution in [-0.2, 0) is 0 Å². The molecule has 0 radical (unpaired) electrons. The van der Waals surface area contributed by atoms with Gasteiger partial charge in [-0.15, -0.1) is 0 Å². The Kier molecular flexibility index (Phi) is 4.62. The Labute approximate surface area is 98.3 Å². The molecular weight excluding hydrogens is 235 g/mol. The Bertz CT molecular complexity index is 272. The third kappa shape index (κ3) is 3.49. The molecule has 17 heavy (non-hydrogen) atoms. The van der Waals surface area contributed by atoms with Gasteiger partial charge in [-0.05, 0) is 32.4 Å². The quantitative estimate of drug-likeness (QED) is 0.349. The number of likely N-dealkylation sites (tertiary alicyclic amines) is 1. The smallest absolute Gasteiger partial charge is 0.391 e. The number of rotatable bonds is 3. The Morgan fingerprint density at radius 3 is 2.35 bits per heavy atom. The topological polar surface area (TPSA) is 61.9 Å². The molecule has 0 aliphatic carbocycles. The lowest BCUT2D eigenvalue weighted by molar-refractivity contribution is -0.185. The van der Waals surface area contributed by atoms with Gasteiger partial charge in [-0.2, -0.15) is 13.2 Å². The van der Waals surface area contributed by atoms with E-state index in [-0.39, 0.29) is 24.7 Å². The van der Waals surface area contributed by atoms with Crippen LogP contribution in [0.1, 0.15) is 26.2 Å². The van der Waals surface area contributed by atoms with Gasteiger partial charge >= 0.3 is 6.18 Å². The molecule has 7 heteroatoms. The van der Waals surface area contributed by atoms with Gasteiger partial charge in [-0.25, -0.2) is 0 Å². The Balaban J connectivity index is 2.56. The summed E-state index contributed by atoms with van der Waals surface area (Å²) in [4.78, 5) is 1.84. The van der Waals surface area contributed by atoms with E-state index >= 15 is 0 Å². The van der Waals surface area contributed by atoms with Crippen molar-refractivity contribution in [1.82, 2.24) is 4.90 Å². The lowest BCUT2D eigenvalue weighted by atomic mass is 9.94. The van der Waals surface area contributed by atoms with Crippen molar-refractivity contribution in [2.75, 3.05) is 13.1 Å². The second kappa shape index (κ2) is 5.57. The summed E-state index contributed by atoms with van der Waals surface area (Å²) in [5.74, 6) is -1.15. The summed E-state index contributed by atoms with van der Waals surface area (Å²) in [7, 11) is 0. The number of halogens is 3. The van der Waals surface area contributed by atoms with Crippen LogP contribution in [0.15, 0.2) is 5.16 Å². The Morgan fingerprint density at radius 2 is 2.00 bits per heavy atom. The minimum absolute atomic E-state index is 0.0676. The zero-order chi connectivity index (χ0) is 13.1. The van der Waals surface area contributed by atoms with Crippen LogP contribution < -0.4 is 5.73 Å². The van der Waals surface area contributed by atoms with Crippen LogP contribution in [0.4, 0.5) is 13.2 Å². The highest BCUT2D eigenvalue weighted by atomic mass is 19.4. The van der Waals surface area contributed by atoms with Gasteiger partial charge in [0.15, 0.2) is 5.84 Å². The molecule has 0 aromatic carbocycles. The van der Waals surface area contributed by atoms with Gasteiger partial charge < -0.3 is 10.9 Å². The third-order valence-electron chi connectivity index (χ3n) is 3.28. The summed E-state index contributed by atoms with van der Waals surface area (Å²) in [6.45, 7) is 2.52. The first-order valence-corrected chi connectivity index (χ1v) is 5.68. The predicted molar refractivity (Wildman–Crippen MR) is 57.8 cm³/mol. The summed E-state index contributed by atoms with van der Waals surface area (Å²) in [5, 5.41) is 11.5. The van der Waals surface area contributed by atoms with Crippen molar-refractivity contribution in [2.45, 2.75) is 38.4 Å². The molecule has 0 saturated carbocycles. The van der Waals surface area contributed by atoms with E-state index in [1.165, 1.54) is 0 Å². The molecule has 1 aliphatic heterocycles. The summed E-state index contributed by atoms with van der Waals surface area (Å²) < 4.78 is 37.4. The first-order chi connectivity index (χ1) is 7.90. The SMILES string of the molecule is CCC(C(N)=NO)N1CCC(C(F)(F)F)CC1.